The largest absolute Gasteiger partial charge is 0.361 e. The quantitative estimate of drug-likeness (QED) is 0.196. The van der Waals surface area contributed by atoms with Gasteiger partial charge in [-0.25, -0.2) is 8.42 Å². The fraction of sp³-hybridized carbons (Fsp3) is 0.308. The number of aromatic nitrogens is 1. The monoisotopic (exact) mass is 541 g/mol. The van der Waals surface area contributed by atoms with Crippen LogP contribution in [0.15, 0.2) is 60.1 Å². The Labute approximate surface area is 219 Å². The Balaban J connectivity index is 1.61. The summed E-state index contributed by atoms with van der Waals surface area (Å²) in [6.45, 7) is 3.11. The first-order valence-electron chi connectivity index (χ1n) is 11.8. The van der Waals surface area contributed by atoms with Crippen molar-refractivity contribution in [3.63, 3.8) is 0 Å². The van der Waals surface area contributed by atoms with Crippen LogP contribution in [0.1, 0.15) is 25.0 Å². The molecule has 0 radical (unpaired) electrons. The Bertz CT molecular complexity index is 1540. The first-order valence-corrected chi connectivity index (χ1v) is 14.6. The van der Waals surface area contributed by atoms with Gasteiger partial charge in [0.1, 0.15) is 6.04 Å². The second-order valence-electron chi connectivity index (χ2n) is 9.72. The summed E-state index contributed by atoms with van der Waals surface area (Å²) in [5.74, 6) is -1.02. The van der Waals surface area contributed by atoms with Crippen LogP contribution >= 0.6 is 11.3 Å². The van der Waals surface area contributed by atoms with E-state index in [1.54, 1.807) is 31.4 Å². The fourth-order valence-electron chi connectivity index (χ4n) is 4.14. The number of carbonyl (C=O) groups is 2. The zero-order chi connectivity index (χ0) is 26.8. The molecule has 6 N–H and O–H groups in total. The van der Waals surface area contributed by atoms with Crippen LogP contribution in [0, 0.1) is 0 Å². The Kier molecular flexibility index (Phi) is 7.69. The summed E-state index contributed by atoms with van der Waals surface area (Å²) in [5, 5.41) is 9.43. The van der Waals surface area contributed by atoms with E-state index in [0.29, 0.717) is 0 Å². The van der Waals surface area contributed by atoms with Crippen LogP contribution in [0.3, 0.4) is 0 Å². The van der Waals surface area contributed by atoms with Crippen LogP contribution in [0.4, 0.5) is 0 Å². The highest BCUT2D eigenvalue weighted by molar-refractivity contribution is 7.88. The van der Waals surface area contributed by atoms with E-state index < -0.39 is 39.6 Å². The van der Waals surface area contributed by atoms with Crippen molar-refractivity contribution in [1.29, 1.82) is 0 Å². The van der Waals surface area contributed by atoms with Gasteiger partial charge in [-0.2, -0.15) is 4.72 Å². The summed E-state index contributed by atoms with van der Waals surface area (Å²) in [4.78, 5) is 29.5. The third-order valence-corrected chi connectivity index (χ3v) is 7.69. The summed E-state index contributed by atoms with van der Waals surface area (Å²) in [7, 11) is -3.65. The molecule has 0 saturated carbocycles. The molecule has 37 heavy (non-hydrogen) atoms. The fourth-order valence-corrected chi connectivity index (χ4v) is 5.77. The molecule has 2 aromatic carbocycles. The van der Waals surface area contributed by atoms with Gasteiger partial charge in [-0.1, -0.05) is 36.4 Å². The van der Waals surface area contributed by atoms with Crippen LogP contribution in [0.2, 0.25) is 0 Å². The van der Waals surface area contributed by atoms with Gasteiger partial charge in [0.15, 0.2) is 0 Å². The summed E-state index contributed by atoms with van der Waals surface area (Å²) in [5.41, 5.74) is 7.42. The van der Waals surface area contributed by atoms with Gasteiger partial charge in [0.25, 0.3) is 0 Å². The highest BCUT2D eigenvalue weighted by Gasteiger charge is 2.30. The molecule has 0 spiro atoms. The molecular formula is C26H31N5O4S2. The standard InChI is InChI=1S/C26H31N5O4S2/c1-26(2,27)25(33)29-21(12-16-14-28-20-10-6-4-8-18(16)20)24(32)30-23(31-37(3,34)35)13-17-15-36-22-11-7-5-9-19(17)22/h4-11,14-15,21,23,28,31H,12-13,27H2,1-3H3,(H,29,33)(H,30,32)/t21-,23-/m1/s1. The Morgan fingerprint density at radius 3 is 2.38 bits per heavy atom. The number of amides is 2. The van der Waals surface area contributed by atoms with Crippen molar-refractivity contribution in [2.75, 3.05) is 6.26 Å². The summed E-state index contributed by atoms with van der Waals surface area (Å²) in [6, 6.07) is 14.5. The van der Waals surface area contributed by atoms with Crippen molar-refractivity contribution in [1.82, 2.24) is 20.3 Å². The Hall–Kier alpha value is -3.25. The predicted molar refractivity (Wildman–Crippen MR) is 148 cm³/mol. The van der Waals surface area contributed by atoms with Gasteiger partial charge in [-0.15, -0.1) is 11.3 Å². The highest BCUT2D eigenvalue weighted by atomic mass is 32.2. The third kappa shape index (κ3) is 6.75. The molecule has 11 heteroatoms. The molecule has 2 atom stereocenters. The van der Waals surface area contributed by atoms with Crippen molar-refractivity contribution in [2.45, 2.75) is 44.4 Å². The maximum atomic E-state index is 13.5. The van der Waals surface area contributed by atoms with Crippen molar-refractivity contribution in [2.24, 2.45) is 5.73 Å². The van der Waals surface area contributed by atoms with E-state index in [9.17, 15) is 18.0 Å². The van der Waals surface area contributed by atoms with Gasteiger partial charge in [-0.05, 0) is 47.9 Å². The molecular weight excluding hydrogens is 510 g/mol. The van der Waals surface area contributed by atoms with Crippen molar-refractivity contribution in [3.8, 4) is 0 Å². The first-order chi connectivity index (χ1) is 17.4. The molecule has 0 bridgehead atoms. The maximum Gasteiger partial charge on any atom is 0.244 e. The van der Waals surface area contributed by atoms with Crippen LogP contribution in [0.5, 0.6) is 0 Å². The smallest absolute Gasteiger partial charge is 0.244 e. The molecule has 2 amide bonds. The third-order valence-electron chi connectivity index (χ3n) is 5.96. The van der Waals surface area contributed by atoms with Gasteiger partial charge >= 0.3 is 0 Å². The minimum absolute atomic E-state index is 0.185. The minimum Gasteiger partial charge on any atom is -0.361 e. The molecule has 2 aromatic heterocycles. The number of aromatic amines is 1. The van der Waals surface area contributed by atoms with Gasteiger partial charge in [0, 0.05) is 34.6 Å². The van der Waals surface area contributed by atoms with Gasteiger partial charge < -0.3 is 21.4 Å². The normalized spacial score (nSPS) is 13.9. The number of H-pyrrole nitrogens is 1. The second kappa shape index (κ2) is 10.6. The molecule has 4 aromatic rings. The highest BCUT2D eigenvalue weighted by Crippen LogP contribution is 2.26. The number of hydrogen-bond donors (Lipinski definition) is 5. The average molecular weight is 542 g/mol. The number of para-hydroxylation sites is 1. The van der Waals surface area contributed by atoms with E-state index in [4.69, 9.17) is 5.73 Å². The topological polar surface area (TPSA) is 146 Å². The van der Waals surface area contributed by atoms with Gasteiger partial charge in [0.2, 0.25) is 21.8 Å². The summed E-state index contributed by atoms with van der Waals surface area (Å²) in [6.07, 6.45) is 2.34. The first kappa shape index (κ1) is 26.8. The molecule has 0 aliphatic heterocycles. The number of rotatable bonds is 10. The number of hydrogen-bond acceptors (Lipinski definition) is 6. The number of thiophene rings is 1. The van der Waals surface area contributed by atoms with E-state index in [1.807, 2.05) is 53.9 Å². The lowest BCUT2D eigenvalue weighted by atomic mass is 10.0. The SMILES string of the molecule is CC(C)(N)C(=O)N[C@H](Cc1c[nH]c2ccccc12)C(=O)N[C@@H](Cc1csc2ccccc12)NS(C)(=O)=O. The van der Waals surface area contributed by atoms with Crippen molar-refractivity contribution < 1.29 is 18.0 Å². The zero-order valence-corrected chi connectivity index (χ0v) is 22.5. The van der Waals surface area contributed by atoms with E-state index in [-0.39, 0.29) is 12.8 Å². The second-order valence-corrected chi connectivity index (χ2v) is 12.4. The number of nitrogens with two attached hydrogens (primary N) is 1. The van der Waals surface area contributed by atoms with Crippen molar-refractivity contribution in [3.05, 3.63) is 71.2 Å². The van der Waals surface area contributed by atoms with Crippen molar-refractivity contribution >= 4 is 54.2 Å². The van der Waals surface area contributed by atoms with Crippen LogP contribution in [-0.4, -0.2) is 49.2 Å². The molecule has 9 nitrogen and oxygen atoms in total. The summed E-state index contributed by atoms with van der Waals surface area (Å²) >= 11 is 1.55. The van der Waals surface area contributed by atoms with E-state index in [0.717, 1.165) is 38.4 Å². The minimum atomic E-state index is -3.65. The van der Waals surface area contributed by atoms with E-state index >= 15 is 0 Å². The number of benzene rings is 2. The molecule has 0 aliphatic rings. The summed E-state index contributed by atoms with van der Waals surface area (Å²) < 4.78 is 27.9. The Morgan fingerprint density at radius 1 is 1.00 bits per heavy atom. The predicted octanol–water partition coefficient (Wildman–Crippen LogP) is 2.38. The van der Waals surface area contributed by atoms with E-state index in [2.05, 4.69) is 20.3 Å². The van der Waals surface area contributed by atoms with E-state index in [1.165, 1.54) is 0 Å². The molecule has 0 fully saturated rings. The molecule has 196 valence electrons. The number of fused-ring (bicyclic) bond motifs is 2. The molecule has 2 heterocycles. The lowest BCUT2D eigenvalue weighted by Crippen LogP contribution is -2.59. The lowest BCUT2D eigenvalue weighted by molar-refractivity contribution is -0.131. The lowest BCUT2D eigenvalue weighted by Gasteiger charge is -2.26. The number of sulfonamides is 1. The van der Waals surface area contributed by atoms with Gasteiger partial charge in [-0.3, -0.25) is 9.59 Å². The Morgan fingerprint density at radius 2 is 1.68 bits per heavy atom. The molecule has 4 rings (SSSR count). The maximum absolute atomic E-state index is 13.5. The van der Waals surface area contributed by atoms with Crippen LogP contribution in [-0.2, 0) is 32.5 Å². The van der Waals surface area contributed by atoms with Crippen LogP contribution < -0.4 is 21.1 Å². The molecule has 0 aliphatic carbocycles. The zero-order valence-electron chi connectivity index (χ0n) is 20.9. The number of nitrogens with one attached hydrogen (secondary N) is 4. The van der Waals surface area contributed by atoms with Crippen LogP contribution in [0.25, 0.3) is 21.0 Å². The molecule has 0 unspecified atom stereocenters. The van der Waals surface area contributed by atoms with Gasteiger partial charge in [0.05, 0.1) is 18.0 Å². The molecule has 0 saturated heterocycles. The average Bonchev–Trinajstić information content (AvgIpc) is 3.41. The number of carbonyl (C=O) groups excluding carboxylic acids is 2.